The minimum atomic E-state index is 0.0869. The van der Waals surface area contributed by atoms with Crippen molar-refractivity contribution >= 4 is 11.6 Å². The molecule has 15 heavy (non-hydrogen) atoms. The minimum absolute atomic E-state index is 0.0869. The molecule has 88 valence electrons. The van der Waals surface area contributed by atoms with Gasteiger partial charge in [-0.1, -0.05) is 32.0 Å². The average molecular weight is 232 g/mol. The lowest BCUT2D eigenvalue weighted by atomic mass is 9.86. The molecule has 2 nitrogen and oxygen atoms in total. The van der Waals surface area contributed by atoms with Crippen molar-refractivity contribution in [2.45, 2.75) is 51.2 Å². The SMILES string of the molecule is C=C(Cl)CNC1CCOC(CC)(CC)C1. The van der Waals surface area contributed by atoms with E-state index in [0.29, 0.717) is 17.6 Å². The summed E-state index contributed by atoms with van der Waals surface area (Å²) in [6, 6.07) is 0.522. The molecule has 1 aliphatic rings. The van der Waals surface area contributed by atoms with Crippen LogP contribution in [0.4, 0.5) is 0 Å². The summed E-state index contributed by atoms with van der Waals surface area (Å²) >= 11 is 5.75. The largest absolute Gasteiger partial charge is 0.375 e. The molecule has 1 unspecified atom stereocenters. The smallest absolute Gasteiger partial charge is 0.0692 e. The molecule has 1 atom stereocenters. The summed E-state index contributed by atoms with van der Waals surface area (Å²) in [5.41, 5.74) is 0.0869. The Labute approximate surface area is 98.0 Å². The molecule has 0 saturated carbocycles. The Morgan fingerprint density at radius 3 is 2.73 bits per heavy atom. The summed E-state index contributed by atoms with van der Waals surface area (Å²) in [7, 11) is 0. The van der Waals surface area contributed by atoms with Gasteiger partial charge in [-0.3, -0.25) is 0 Å². The molecule has 0 bridgehead atoms. The molecule has 0 amide bonds. The van der Waals surface area contributed by atoms with Crippen molar-refractivity contribution in [1.82, 2.24) is 5.32 Å². The van der Waals surface area contributed by atoms with Crippen LogP contribution in [0.15, 0.2) is 11.6 Å². The molecule has 0 aliphatic carbocycles. The zero-order valence-corrected chi connectivity index (χ0v) is 10.6. The molecule has 0 aromatic carbocycles. The molecule has 1 heterocycles. The number of hydrogen-bond donors (Lipinski definition) is 1. The highest BCUT2D eigenvalue weighted by Gasteiger charge is 2.34. The van der Waals surface area contributed by atoms with Crippen molar-refractivity contribution in [1.29, 1.82) is 0 Å². The van der Waals surface area contributed by atoms with E-state index < -0.39 is 0 Å². The lowest BCUT2D eigenvalue weighted by Gasteiger charge is -2.40. The minimum Gasteiger partial charge on any atom is -0.375 e. The Bertz CT molecular complexity index is 214. The summed E-state index contributed by atoms with van der Waals surface area (Å²) in [5.74, 6) is 0. The number of hydrogen-bond acceptors (Lipinski definition) is 2. The third kappa shape index (κ3) is 3.78. The fraction of sp³-hybridized carbons (Fsp3) is 0.833. The third-order valence-electron chi connectivity index (χ3n) is 3.36. The van der Waals surface area contributed by atoms with Gasteiger partial charge in [-0.2, -0.15) is 0 Å². The summed E-state index contributed by atoms with van der Waals surface area (Å²) in [6.45, 7) is 9.65. The van der Waals surface area contributed by atoms with Crippen molar-refractivity contribution in [3.63, 3.8) is 0 Å². The topological polar surface area (TPSA) is 21.3 Å². The summed E-state index contributed by atoms with van der Waals surface area (Å²) < 4.78 is 5.91. The first-order valence-corrected chi connectivity index (χ1v) is 6.20. The predicted octanol–water partition coefficient (Wildman–Crippen LogP) is 3.07. The monoisotopic (exact) mass is 231 g/mol. The zero-order valence-electron chi connectivity index (χ0n) is 9.81. The quantitative estimate of drug-likeness (QED) is 0.785. The van der Waals surface area contributed by atoms with Gasteiger partial charge in [-0.05, 0) is 25.7 Å². The molecule has 1 saturated heterocycles. The summed E-state index contributed by atoms with van der Waals surface area (Å²) in [6.07, 6.45) is 4.34. The van der Waals surface area contributed by atoms with Gasteiger partial charge in [0, 0.05) is 24.2 Å². The van der Waals surface area contributed by atoms with Gasteiger partial charge < -0.3 is 10.1 Å². The second kappa shape index (κ2) is 5.88. The van der Waals surface area contributed by atoms with Crippen LogP contribution in [0, 0.1) is 0 Å². The van der Waals surface area contributed by atoms with Crippen molar-refractivity contribution in [2.75, 3.05) is 13.2 Å². The van der Waals surface area contributed by atoms with E-state index in [1.54, 1.807) is 0 Å². The van der Waals surface area contributed by atoms with Gasteiger partial charge in [0.25, 0.3) is 0 Å². The highest BCUT2D eigenvalue weighted by molar-refractivity contribution is 6.29. The first-order valence-electron chi connectivity index (χ1n) is 5.82. The molecule has 0 aromatic heterocycles. The fourth-order valence-corrected chi connectivity index (χ4v) is 2.28. The third-order valence-corrected chi connectivity index (χ3v) is 3.50. The van der Waals surface area contributed by atoms with Gasteiger partial charge in [0.15, 0.2) is 0 Å². The maximum atomic E-state index is 5.91. The summed E-state index contributed by atoms with van der Waals surface area (Å²) in [4.78, 5) is 0. The van der Waals surface area contributed by atoms with Crippen molar-refractivity contribution in [3.05, 3.63) is 11.6 Å². The van der Waals surface area contributed by atoms with Crippen LogP contribution in [-0.2, 0) is 4.74 Å². The molecule has 1 aliphatic heterocycles. The molecule has 3 heteroatoms. The average Bonchev–Trinajstić information content (AvgIpc) is 2.26. The Hall–Kier alpha value is -0.0500. The van der Waals surface area contributed by atoms with Gasteiger partial charge >= 0.3 is 0 Å². The molecule has 0 aromatic rings. The lowest BCUT2D eigenvalue weighted by Crippen LogP contribution is -2.46. The van der Waals surface area contributed by atoms with E-state index in [4.69, 9.17) is 16.3 Å². The molecule has 1 N–H and O–H groups in total. The number of halogens is 1. The second-order valence-corrected chi connectivity index (χ2v) is 4.86. The first-order chi connectivity index (χ1) is 7.12. The van der Waals surface area contributed by atoms with Crippen molar-refractivity contribution in [3.8, 4) is 0 Å². The van der Waals surface area contributed by atoms with Crippen molar-refractivity contribution in [2.24, 2.45) is 0 Å². The highest BCUT2D eigenvalue weighted by Crippen LogP contribution is 2.31. The van der Waals surface area contributed by atoms with Gasteiger partial charge in [0.05, 0.1) is 5.60 Å². The van der Waals surface area contributed by atoms with Gasteiger partial charge in [-0.15, -0.1) is 0 Å². The molecular weight excluding hydrogens is 210 g/mol. The van der Waals surface area contributed by atoms with E-state index in [9.17, 15) is 0 Å². The molecule has 0 radical (unpaired) electrons. The van der Waals surface area contributed by atoms with Crippen molar-refractivity contribution < 1.29 is 4.74 Å². The number of rotatable bonds is 5. The zero-order chi connectivity index (χ0) is 11.3. The maximum Gasteiger partial charge on any atom is 0.0692 e. The number of ether oxygens (including phenoxy) is 1. The Balaban J connectivity index is 2.44. The van der Waals surface area contributed by atoms with Crippen LogP contribution < -0.4 is 5.32 Å². The Morgan fingerprint density at radius 2 is 2.20 bits per heavy atom. The van der Waals surface area contributed by atoms with Gasteiger partial charge in [0.1, 0.15) is 0 Å². The molecule has 1 rings (SSSR count). The summed E-state index contributed by atoms with van der Waals surface area (Å²) in [5, 5.41) is 4.11. The van der Waals surface area contributed by atoms with Gasteiger partial charge in [-0.25, -0.2) is 0 Å². The van der Waals surface area contributed by atoms with Crippen LogP contribution in [0.3, 0.4) is 0 Å². The van der Waals surface area contributed by atoms with E-state index in [1.807, 2.05) is 0 Å². The standard InChI is InChI=1S/C12H22ClNO/c1-4-12(5-2)8-11(6-7-15-12)14-9-10(3)13/h11,14H,3-9H2,1-2H3. The molecular formula is C12H22ClNO. The van der Waals surface area contributed by atoms with E-state index in [1.165, 1.54) is 0 Å². The van der Waals surface area contributed by atoms with Crippen LogP contribution >= 0.6 is 11.6 Å². The highest BCUT2D eigenvalue weighted by atomic mass is 35.5. The lowest BCUT2D eigenvalue weighted by molar-refractivity contribution is -0.0926. The van der Waals surface area contributed by atoms with E-state index in [0.717, 1.165) is 32.3 Å². The van der Waals surface area contributed by atoms with Crippen LogP contribution in [0.2, 0.25) is 0 Å². The molecule has 1 fully saturated rings. The Kier molecular flexibility index (Phi) is 5.10. The predicted molar refractivity (Wildman–Crippen MR) is 65.3 cm³/mol. The maximum absolute atomic E-state index is 5.91. The van der Waals surface area contributed by atoms with Gasteiger partial charge in [0.2, 0.25) is 0 Å². The van der Waals surface area contributed by atoms with Crippen LogP contribution in [0.25, 0.3) is 0 Å². The second-order valence-electron chi connectivity index (χ2n) is 4.33. The van der Waals surface area contributed by atoms with Crippen LogP contribution in [-0.4, -0.2) is 24.8 Å². The normalized spacial score (nSPS) is 25.1. The fourth-order valence-electron chi connectivity index (χ4n) is 2.20. The van der Waals surface area contributed by atoms with E-state index in [2.05, 4.69) is 25.7 Å². The van der Waals surface area contributed by atoms with Crippen LogP contribution in [0.5, 0.6) is 0 Å². The van der Waals surface area contributed by atoms with Crippen LogP contribution in [0.1, 0.15) is 39.5 Å². The Morgan fingerprint density at radius 1 is 1.53 bits per heavy atom. The number of nitrogens with one attached hydrogen (secondary N) is 1. The molecule has 0 spiro atoms. The first kappa shape index (κ1) is 13.0. The van der Waals surface area contributed by atoms with E-state index in [-0.39, 0.29) is 5.60 Å². The van der Waals surface area contributed by atoms with E-state index >= 15 is 0 Å².